The van der Waals surface area contributed by atoms with Crippen LogP contribution >= 0.6 is 24.8 Å². The first kappa shape index (κ1) is 30.8. The van der Waals surface area contributed by atoms with Crippen LogP contribution in [0.15, 0.2) is 59.5 Å². The Morgan fingerprint density at radius 2 is 1.76 bits per heavy atom. The maximum absolute atomic E-state index is 12.9. The molecule has 9 nitrogen and oxygen atoms in total. The number of nitrogens with zero attached hydrogens (tertiary/aromatic N) is 3. The lowest BCUT2D eigenvalue weighted by Crippen LogP contribution is -2.53. The molecule has 0 radical (unpaired) electrons. The number of rotatable bonds is 9. The molecule has 0 spiro atoms. The molecule has 2 heterocycles. The van der Waals surface area contributed by atoms with Gasteiger partial charge in [-0.3, -0.25) is 19.9 Å². The minimum Gasteiger partial charge on any atom is -0.489 e. The number of aromatic nitrogens is 1. The van der Waals surface area contributed by atoms with E-state index in [1.54, 1.807) is 0 Å². The number of hydrogen-bond donors (Lipinski definition) is 2. The van der Waals surface area contributed by atoms with Gasteiger partial charge in [0.2, 0.25) is 5.91 Å². The fourth-order valence-electron chi connectivity index (χ4n) is 4.37. The summed E-state index contributed by atoms with van der Waals surface area (Å²) in [6, 6.07) is 14.7. The molecule has 3 aromatic rings. The van der Waals surface area contributed by atoms with Gasteiger partial charge in [0, 0.05) is 16.6 Å². The molecule has 1 aliphatic rings. The van der Waals surface area contributed by atoms with Crippen molar-refractivity contribution >= 4 is 51.6 Å². The Labute approximate surface area is 229 Å². The van der Waals surface area contributed by atoms with E-state index in [2.05, 4.69) is 4.98 Å². The number of hydroxylamine groups is 1. The first-order chi connectivity index (χ1) is 16.8. The van der Waals surface area contributed by atoms with Crippen molar-refractivity contribution < 1.29 is 23.2 Å². The van der Waals surface area contributed by atoms with Gasteiger partial charge in [-0.1, -0.05) is 29.1 Å². The van der Waals surface area contributed by atoms with Crippen LogP contribution in [0.4, 0.5) is 0 Å². The van der Waals surface area contributed by atoms with E-state index in [1.165, 1.54) is 24.3 Å². The van der Waals surface area contributed by atoms with E-state index in [4.69, 9.17) is 10.5 Å². The van der Waals surface area contributed by atoms with Crippen LogP contribution in [-0.2, 0) is 21.4 Å². The number of piperidine rings is 1. The van der Waals surface area contributed by atoms with Crippen LogP contribution in [0, 0.1) is 6.92 Å². The number of likely N-dealkylation sites (tertiary alicyclic amines) is 1. The molecule has 4 rings (SSSR count). The molecule has 3 N–H and O–H groups in total. The van der Waals surface area contributed by atoms with Crippen LogP contribution in [0.3, 0.4) is 0 Å². The van der Waals surface area contributed by atoms with Gasteiger partial charge in [-0.2, -0.15) is 0 Å². The number of para-hydroxylation sites is 1. The first-order valence-electron chi connectivity index (χ1n) is 11.6. The van der Waals surface area contributed by atoms with Crippen molar-refractivity contribution in [2.75, 3.05) is 19.6 Å². The molecule has 1 amide bonds. The van der Waals surface area contributed by atoms with Crippen LogP contribution in [0.25, 0.3) is 10.9 Å². The third kappa shape index (κ3) is 7.31. The molecule has 2 aromatic carbocycles. The molecule has 0 saturated carbocycles. The summed E-state index contributed by atoms with van der Waals surface area (Å²) < 4.78 is 31.9. The van der Waals surface area contributed by atoms with E-state index in [-0.39, 0.29) is 40.8 Å². The molecular formula is C25H32Cl2N4O5S. The van der Waals surface area contributed by atoms with Crippen LogP contribution in [-0.4, -0.2) is 59.6 Å². The number of carbonyl (C=O) groups is 1. The number of aryl methyl sites for hydroxylation is 1. The molecule has 37 heavy (non-hydrogen) atoms. The Morgan fingerprint density at radius 1 is 1.11 bits per heavy atom. The highest BCUT2D eigenvalue weighted by Crippen LogP contribution is 2.23. The van der Waals surface area contributed by atoms with Gasteiger partial charge in [0.1, 0.15) is 18.4 Å². The average Bonchev–Trinajstić information content (AvgIpc) is 2.86. The van der Waals surface area contributed by atoms with Gasteiger partial charge < -0.3 is 10.5 Å². The second-order valence-electron chi connectivity index (χ2n) is 8.72. The number of carbonyl (C=O) groups excluding carboxylic acids is 1. The molecule has 1 aliphatic heterocycles. The molecular weight excluding hydrogens is 539 g/mol. The molecule has 0 aliphatic carbocycles. The lowest BCUT2D eigenvalue weighted by Gasteiger charge is -2.33. The minimum absolute atomic E-state index is 0. The van der Waals surface area contributed by atoms with Crippen LogP contribution < -0.4 is 10.5 Å². The number of nitrogens with two attached hydrogens (primary N) is 1. The SMILES string of the molecule is Cc1cc(COc2ccc(S(=O)(=O)N(O)C[C@@H](C(N)=O)N3CCCCC3)cc2)c2ccccc2n1.Cl.Cl. The highest BCUT2D eigenvalue weighted by atomic mass is 35.5. The van der Waals surface area contributed by atoms with E-state index in [9.17, 15) is 18.4 Å². The third-order valence-electron chi connectivity index (χ3n) is 6.21. The van der Waals surface area contributed by atoms with Gasteiger partial charge in [-0.25, -0.2) is 8.42 Å². The molecule has 1 saturated heterocycles. The number of hydrogen-bond acceptors (Lipinski definition) is 7. The monoisotopic (exact) mass is 570 g/mol. The predicted octanol–water partition coefficient (Wildman–Crippen LogP) is 3.69. The smallest absolute Gasteiger partial charge is 0.264 e. The number of benzene rings is 2. The maximum atomic E-state index is 12.9. The van der Waals surface area contributed by atoms with Crippen molar-refractivity contribution in [3.05, 3.63) is 65.9 Å². The van der Waals surface area contributed by atoms with Crippen LogP contribution in [0.5, 0.6) is 5.75 Å². The van der Waals surface area contributed by atoms with Crippen molar-refractivity contribution in [2.24, 2.45) is 5.73 Å². The normalized spacial score (nSPS) is 15.0. The van der Waals surface area contributed by atoms with E-state index in [1.807, 2.05) is 42.2 Å². The maximum Gasteiger partial charge on any atom is 0.264 e. The summed E-state index contributed by atoms with van der Waals surface area (Å²) in [5.41, 5.74) is 8.25. The molecule has 0 bridgehead atoms. The second-order valence-corrected chi connectivity index (χ2v) is 10.6. The molecule has 1 atom stereocenters. The van der Waals surface area contributed by atoms with Crippen molar-refractivity contribution in [1.29, 1.82) is 0 Å². The minimum atomic E-state index is -4.23. The van der Waals surface area contributed by atoms with Crippen LogP contribution in [0.2, 0.25) is 0 Å². The van der Waals surface area contributed by atoms with Gasteiger partial charge in [-0.15, -0.1) is 24.8 Å². The fraction of sp³-hybridized carbons (Fsp3) is 0.360. The highest BCUT2D eigenvalue weighted by molar-refractivity contribution is 7.89. The Hall–Kier alpha value is -2.47. The first-order valence-corrected chi connectivity index (χ1v) is 13.0. The van der Waals surface area contributed by atoms with Gasteiger partial charge in [0.15, 0.2) is 0 Å². The average molecular weight is 572 g/mol. The van der Waals surface area contributed by atoms with Gasteiger partial charge in [-0.05, 0) is 69.3 Å². The summed E-state index contributed by atoms with van der Waals surface area (Å²) in [7, 11) is -4.23. The number of ether oxygens (including phenoxy) is 1. The zero-order valence-electron chi connectivity index (χ0n) is 20.4. The number of primary amides is 1. The molecule has 1 fully saturated rings. The van der Waals surface area contributed by atoms with Crippen LogP contribution in [0.1, 0.15) is 30.5 Å². The van der Waals surface area contributed by atoms with Crippen molar-refractivity contribution in [2.45, 2.75) is 43.7 Å². The second kappa shape index (κ2) is 13.4. The third-order valence-corrected chi connectivity index (χ3v) is 7.78. The molecule has 0 unspecified atom stereocenters. The molecule has 12 heteroatoms. The van der Waals surface area contributed by atoms with E-state index in [0.717, 1.165) is 41.4 Å². The Bertz CT molecular complexity index is 1300. The largest absolute Gasteiger partial charge is 0.489 e. The number of fused-ring (bicyclic) bond motifs is 1. The Morgan fingerprint density at radius 3 is 2.41 bits per heavy atom. The highest BCUT2D eigenvalue weighted by Gasteiger charge is 2.32. The summed E-state index contributed by atoms with van der Waals surface area (Å²) in [5, 5.41) is 11.4. The summed E-state index contributed by atoms with van der Waals surface area (Å²) in [6.07, 6.45) is 2.85. The lowest BCUT2D eigenvalue weighted by molar-refractivity contribution is -0.126. The fourth-order valence-corrected chi connectivity index (χ4v) is 5.43. The van der Waals surface area contributed by atoms with Crippen molar-refractivity contribution in [3.8, 4) is 5.75 Å². The zero-order chi connectivity index (χ0) is 25.0. The topological polar surface area (TPSA) is 126 Å². The van der Waals surface area contributed by atoms with Crippen molar-refractivity contribution in [3.63, 3.8) is 0 Å². The van der Waals surface area contributed by atoms with E-state index >= 15 is 0 Å². The quantitative estimate of drug-likeness (QED) is 0.375. The summed E-state index contributed by atoms with van der Waals surface area (Å²) in [4.78, 5) is 18.2. The van der Waals surface area contributed by atoms with Gasteiger partial charge >= 0.3 is 0 Å². The zero-order valence-corrected chi connectivity index (χ0v) is 22.9. The molecule has 202 valence electrons. The summed E-state index contributed by atoms with van der Waals surface area (Å²) in [6.45, 7) is 3.06. The predicted molar refractivity (Wildman–Crippen MR) is 146 cm³/mol. The standard InChI is InChI=1S/C25H30N4O5S.2ClH/c1-18-15-19(22-7-3-4-8-23(22)27-18)17-34-20-9-11-21(12-10-20)35(32,33)29(31)16-24(25(26)30)28-13-5-2-6-14-28;;/h3-4,7-12,15,24,31H,2,5-6,13-14,16-17H2,1H3,(H2,26,30);2*1H/t24-;;/m0../s1. The summed E-state index contributed by atoms with van der Waals surface area (Å²) >= 11 is 0. The van der Waals surface area contributed by atoms with Crippen molar-refractivity contribution in [1.82, 2.24) is 14.4 Å². The number of halogens is 2. The number of amides is 1. The Balaban J connectivity index is 0.00000241. The number of sulfonamides is 1. The van der Waals surface area contributed by atoms with Gasteiger partial charge in [0.05, 0.1) is 17.0 Å². The number of pyridine rings is 1. The lowest BCUT2D eigenvalue weighted by atomic mass is 10.1. The van der Waals surface area contributed by atoms with E-state index in [0.29, 0.717) is 18.8 Å². The van der Waals surface area contributed by atoms with Gasteiger partial charge in [0.25, 0.3) is 10.0 Å². The summed E-state index contributed by atoms with van der Waals surface area (Å²) in [5.74, 6) is -0.181. The Kier molecular flexibility index (Phi) is 11.1. The van der Waals surface area contributed by atoms with E-state index < -0.39 is 28.5 Å². The molecule has 1 aromatic heterocycles.